The van der Waals surface area contributed by atoms with Crippen LogP contribution in [-0.4, -0.2) is 25.7 Å². The van der Waals surface area contributed by atoms with E-state index in [1.807, 2.05) is 0 Å². The van der Waals surface area contributed by atoms with Crippen molar-refractivity contribution in [1.82, 2.24) is 4.72 Å². The lowest BCUT2D eigenvalue weighted by Crippen LogP contribution is -2.56. The Morgan fingerprint density at radius 1 is 1.55 bits per heavy atom. The summed E-state index contributed by atoms with van der Waals surface area (Å²) in [7, 11) is -4.15. The second-order valence-corrected chi connectivity index (χ2v) is 7.65. The minimum absolute atomic E-state index is 0.00377. The van der Waals surface area contributed by atoms with E-state index in [4.69, 9.17) is 17.3 Å². The Morgan fingerprint density at radius 3 is 2.60 bits per heavy atom. The van der Waals surface area contributed by atoms with Crippen LogP contribution < -0.4 is 10.5 Å². The number of nitrogens with one attached hydrogen (secondary N) is 1. The third-order valence-corrected chi connectivity index (χ3v) is 6.37. The van der Waals surface area contributed by atoms with E-state index in [1.54, 1.807) is 0 Å². The van der Waals surface area contributed by atoms with Gasteiger partial charge >= 0.3 is 0 Å². The Bertz CT molecular complexity index is 644. The number of anilines is 1. The molecule has 1 fully saturated rings. The number of aliphatic hydroxyl groups excluding tert-OH is 1. The lowest BCUT2D eigenvalue weighted by molar-refractivity contribution is 0.110. The summed E-state index contributed by atoms with van der Waals surface area (Å²) in [5.74, 6) is -1.07. The maximum Gasteiger partial charge on any atom is 0.244 e. The zero-order valence-electron chi connectivity index (χ0n) is 10.3. The summed E-state index contributed by atoms with van der Waals surface area (Å²) in [6, 6.07) is 0.989. The molecule has 1 aromatic rings. The third-order valence-electron chi connectivity index (χ3n) is 3.41. The molecular weight excluding hydrogens is 375 g/mol. The van der Waals surface area contributed by atoms with Crippen LogP contribution in [0.2, 0.25) is 5.02 Å². The highest BCUT2D eigenvalue weighted by molar-refractivity contribution is 9.10. The van der Waals surface area contributed by atoms with Crippen molar-refractivity contribution in [3.8, 4) is 0 Å². The van der Waals surface area contributed by atoms with Crippen LogP contribution in [0.15, 0.2) is 15.4 Å². The first-order valence-electron chi connectivity index (χ1n) is 5.80. The number of rotatable bonds is 4. The molecule has 1 aliphatic carbocycles. The number of sulfonamides is 1. The van der Waals surface area contributed by atoms with Crippen molar-refractivity contribution in [2.45, 2.75) is 29.7 Å². The largest absolute Gasteiger partial charge is 0.395 e. The van der Waals surface area contributed by atoms with E-state index in [9.17, 15) is 17.9 Å². The van der Waals surface area contributed by atoms with Crippen LogP contribution >= 0.6 is 27.5 Å². The quantitative estimate of drug-likeness (QED) is 0.544. The highest BCUT2D eigenvalue weighted by Crippen LogP contribution is 2.37. The summed E-state index contributed by atoms with van der Waals surface area (Å²) in [4.78, 5) is -0.622. The minimum atomic E-state index is -4.15. The Hall–Kier alpha value is -0.410. The first-order valence-corrected chi connectivity index (χ1v) is 8.46. The van der Waals surface area contributed by atoms with Gasteiger partial charge in [-0.15, -0.1) is 0 Å². The molecule has 0 amide bonds. The SMILES string of the molecule is Nc1c(F)c(S(=O)(=O)NC2(CO)CCC2)cc(Cl)c1Br. The first-order chi connectivity index (χ1) is 9.22. The average molecular weight is 388 g/mol. The molecule has 20 heavy (non-hydrogen) atoms. The predicted octanol–water partition coefficient (Wildman–Crippen LogP) is 2.02. The van der Waals surface area contributed by atoms with Gasteiger partial charge in [0.15, 0.2) is 5.82 Å². The van der Waals surface area contributed by atoms with Gasteiger partial charge in [-0.25, -0.2) is 17.5 Å². The van der Waals surface area contributed by atoms with E-state index < -0.39 is 26.3 Å². The lowest BCUT2D eigenvalue weighted by atomic mass is 9.78. The molecule has 1 aromatic carbocycles. The standard InChI is InChI=1S/C11H13BrClFN2O3S/c12-8-6(13)4-7(9(14)10(8)15)20(18,19)16-11(5-17)2-1-3-11/h4,16-17H,1-3,5,15H2. The zero-order chi connectivity index (χ0) is 15.1. The topological polar surface area (TPSA) is 92.4 Å². The Kier molecular flexibility index (Phi) is 4.32. The highest BCUT2D eigenvalue weighted by atomic mass is 79.9. The summed E-state index contributed by atoms with van der Waals surface area (Å²) < 4.78 is 41.0. The lowest BCUT2D eigenvalue weighted by Gasteiger charge is -2.40. The maximum absolute atomic E-state index is 14.0. The number of nitrogen functional groups attached to an aromatic ring is 1. The molecular formula is C11H13BrClFN2O3S. The van der Waals surface area contributed by atoms with Crippen molar-refractivity contribution in [1.29, 1.82) is 0 Å². The fourth-order valence-electron chi connectivity index (χ4n) is 2.03. The maximum atomic E-state index is 14.0. The van der Waals surface area contributed by atoms with E-state index in [-0.39, 0.29) is 21.8 Å². The van der Waals surface area contributed by atoms with Crippen LogP contribution in [0.25, 0.3) is 0 Å². The van der Waals surface area contributed by atoms with Gasteiger partial charge in [-0.2, -0.15) is 0 Å². The predicted molar refractivity (Wildman–Crippen MR) is 77.5 cm³/mol. The van der Waals surface area contributed by atoms with Crippen LogP contribution in [0.3, 0.4) is 0 Å². The molecule has 5 nitrogen and oxygen atoms in total. The highest BCUT2D eigenvalue weighted by Gasteiger charge is 2.41. The summed E-state index contributed by atoms with van der Waals surface area (Å²) in [6.07, 6.45) is 1.81. The molecule has 4 N–H and O–H groups in total. The van der Waals surface area contributed by atoms with Crippen LogP contribution in [0.5, 0.6) is 0 Å². The fourth-order valence-corrected chi connectivity index (χ4v) is 4.16. The minimum Gasteiger partial charge on any atom is -0.395 e. The van der Waals surface area contributed by atoms with Gasteiger partial charge in [0, 0.05) is 0 Å². The summed E-state index contributed by atoms with van der Waals surface area (Å²) in [5, 5.41) is 9.29. The number of halogens is 3. The van der Waals surface area contributed by atoms with Gasteiger partial charge in [-0.05, 0) is 41.3 Å². The smallest absolute Gasteiger partial charge is 0.244 e. The van der Waals surface area contributed by atoms with Crippen molar-refractivity contribution < 1.29 is 17.9 Å². The van der Waals surface area contributed by atoms with Gasteiger partial charge in [0.25, 0.3) is 0 Å². The van der Waals surface area contributed by atoms with Crippen LogP contribution in [0.1, 0.15) is 19.3 Å². The second-order valence-electron chi connectivity index (χ2n) is 4.80. The number of hydrogen-bond acceptors (Lipinski definition) is 4. The van der Waals surface area contributed by atoms with Gasteiger partial charge < -0.3 is 10.8 Å². The van der Waals surface area contributed by atoms with E-state index in [1.165, 1.54) is 0 Å². The molecule has 0 heterocycles. The van der Waals surface area contributed by atoms with Crippen LogP contribution in [-0.2, 0) is 10.0 Å². The summed E-state index contributed by atoms with van der Waals surface area (Å²) in [5.41, 5.74) is 4.19. The van der Waals surface area contributed by atoms with E-state index in [0.717, 1.165) is 12.5 Å². The monoisotopic (exact) mass is 386 g/mol. The molecule has 0 spiro atoms. The van der Waals surface area contributed by atoms with Gasteiger partial charge in [-0.3, -0.25) is 0 Å². The molecule has 0 atom stereocenters. The molecule has 0 radical (unpaired) electrons. The van der Waals surface area contributed by atoms with Gasteiger partial charge in [0.05, 0.1) is 27.3 Å². The summed E-state index contributed by atoms with van der Waals surface area (Å²) >= 11 is 8.79. The number of nitrogens with two attached hydrogens (primary N) is 1. The van der Waals surface area contributed by atoms with Crippen molar-refractivity contribution in [2.24, 2.45) is 0 Å². The average Bonchev–Trinajstić information content (AvgIpc) is 2.35. The molecule has 1 saturated carbocycles. The van der Waals surface area contributed by atoms with E-state index >= 15 is 0 Å². The van der Waals surface area contributed by atoms with Crippen molar-refractivity contribution >= 4 is 43.2 Å². The Labute approximate surface area is 129 Å². The van der Waals surface area contributed by atoms with Crippen molar-refractivity contribution in [3.63, 3.8) is 0 Å². The second kappa shape index (κ2) is 5.42. The van der Waals surface area contributed by atoms with Gasteiger partial charge in [-0.1, -0.05) is 11.6 Å². The van der Waals surface area contributed by atoms with Gasteiger partial charge in [0.2, 0.25) is 10.0 Å². The molecule has 112 valence electrons. The molecule has 1 aliphatic rings. The molecule has 2 rings (SSSR count). The van der Waals surface area contributed by atoms with E-state index in [0.29, 0.717) is 12.8 Å². The number of hydrogen-bond donors (Lipinski definition) is 3. The Morgan fingerprint density at radius 2 is 2.15 bits per heavy atom. The number of benzene rings is 1. The normalized spacial score (nSPS) is 17.8. The molecule has 0 saturated heterocycles. The van der Waals surface area contributed by atoms with Crippen LogP contribution in [0, 0.1) is 5.82 Å². The molecule has 0 bridgehead atoms. The Balaban J connectivity index is 2.45. The fraction of sp³-hybridized carbons (Fsp3) is 0.455. The first kappa shape index (κ1) is 16.0. The molecule has 9 heteroatoms. The van der Waals surface area contributed by atoms with E-state index in [2.05, 4.69) is 20.7 Å². The van der Waals surface area contributed by atoms with Crippen molar-refractivity contribution in [3.05, 3.63) is 21.4 Å². The summed E-state index contributed by atoms with van der Waals surface area (Å²) in [6.45, 7) is -0.340. The van der Waals surface area contributed by atoms with Crippen LogP contribution in [0.4, 0.5) is 10.1 Å². The third kappa shape index (κ3) is 2.67. The molecule has 0 aliphatic heterocycles. The number of aliphatic hydroxyl groups is 1. The zero-order valence-corrected chi connectivity index (χ0v) is 13.4. The van der Waals surface area contributed by atoms with Gasteiger partial charge in [0.1, 0.15) is 4.90 Å². The van der Waals surface area contributed by atoms with Crippen molar-refractivity contribution in [2.75, 3.05) is 12.3 Å². The molecule has 0 aromatic heterocycles. The molecule has 0 unspecified atom stereocenters.